The summed E-state index contributed by atoms with van der Waals surface area (Å²) in [7, 11) is 0. The SMILES string of the molecule is C[C@]12CC[C@H](OCC(=O)O)C[C@H]1CC[C@@H]1[C@@H]2CC[C@]2(C)[C@@H](c3ccc(=O)oc3)CC[C@]12O. The Morgan fingerprint density at radius 3 is 2.62 bits per heavy atom. The molecule has 2 N–H and O–H groups in total. The third-order valence-electron chi connectivity index (χ3n) is 10.4. The van der Waals surface area contributed by atoms with Gasteiger partial charge in [0.1, 0.15) is 6.61 Å². The Morgan fingerprint density at radius 2 is 1.91 bits per heavy atom. The molecule has 0 bridgehead atoms. The highest BCUT2D eigenvalue weighted by Crippen LogP contribution is 2.70. The molecule has 4 aliphatic carbocycles. The van der Waals surface area contributed by atoms with Crippen molar-refractivity contribution in [1.82, 2.24) is 0 Å². The summed E-state index contributed by atoms with van der Waals surface area (Å²) in [4.78, 5) is 22.4. The fourth-order valence-corrected chi connectivity index (χ4v) is 8.63. The van der Waals surface area contributed by atoms with Crippen LogP contribution in [0.1, 0.15) is 83.1 Å². The second-order valence-electron chi connectivity index (χ2n) is 11.5. The number of hydrogen-bond acceptors (Lipinski definition) is 5. The molecule has 0 aromatic carbocycles. The van der Waals surface area contributed by atoms with Gasteiger partial charge in [-0.15, -0.1) is 0 Å². The van der Waals surface area contributed by atoms with E-state index in [-0.39, 0.29) is 35.1 Å². The van der Waals surface area contributed by atoms with Gasteiger partial charge in [0.15, 0.2) is 0 Å². The lowest BCUT2D eigenvalue weighted by molar-refractivity contribution is -0.207. The third-order valence-corrected chi connectivity index (χ3v) is 10.4. The highest BCUT2D eigenvalue weighted by molar-refractivity contribution is 5.68. The van der Waals surface area contributed by atoms with Gasteiger partial charge in [0.25, 0.3) is 0 Å². The second kappa shape index (κ2) is 7.69. The molecule has 8 atom stereocenters. The van der Waals surface area contributed by atoms with E-state index >= 15 is 0 Å². The Morgan fingerprint density at radius 1 is 1.09 bits per heavy atom. The highest BCUT2D eigenvalue weighted by atomic mass is 16.5. The van der Waals surface area contributed by atoms with E-state index in [1.807, 2.05) is 6.07 Å². The summed E-state index contributed by atoms with van der Waals surface area (Å²) >= 11 is 0. The fraction of sp³-hybridized carbons (Fsp3) is 0.769. The van der Waals surface area contributed by atoms with E-state index in [1.165, 1.54) is 6.07 Å². The third kappa shape index (κ3) is 3.20. The maximum absolute atomic E-state index is 12.3. The first-order chi connectivity index (χ1) is 15.2. The van der Waals surface area contributed by atoms with Crippen LogP contribution in [0.3, 0.4) is 0 Å². The van der Waals surface area contributed by atoms with Crippen LogP contribution in [0.25, 0.3) is 0 Å². The highest BCUT2D eigenvalue weighted by Gasteiger charge is 2.67. The molecule has 0 aliphatic heterocycles. The minimum atomic E-state index is -0.899. The van der Waals surface area contributed by atoms with Gasteiger partial charge in [-0.2, -0.15) is 0 Å². The standard InChI is InChI=1S/C26H36O6/c1-24-10-7-18(31-15-22(27)28)13-17(24)4-5-21-20(24)8-11-25(2)19(9-12-26(21,25)30)16-3-6-23(29)32-14-16/h3,6,14,17-21,30H,4-5,7-13,15H2,1-2H3,(H,27,28)/t17-,18+,19-,20+,21-,24+,25-,26+/m1/s1. The normalized spacial score (nSPS) is 45.5. The number of aliphatic hydroxyl groups is 1. The zero-order chi connectivity index (χ0) is 22.7. The van der Waals surface area contributed by atoms with Crippen molar-refractivity contribution in [3.8, 4) is 0 Å². The van der Waals surface area contributed by atoms with Crippen molar-refractivity contribution in [2.75, 3.05) is 6.61 Å². The van der Waals surface area contributed by atoms with Gasteiger partial charge in [-0.3, -0.25) is 0 Å². The molecular weight excluding hydrogens is 408 g/mol. The van der Waals surface area contributed by atoms with Crippen LogP contribution in [-0.4, -0.2) is 34.5 Å². The van der Waals surface area contributed by atoms with Crippen LogP contribution >= 0.6 is 0 Å². The van der Waals surface area contributed by atoms with Crippen LogP contribution in [0.5, 0.6) is 0 Å². The summed E-state index contributed by atoms with van der Waals surface area (Å²) in [6, 6.07) is 3.38. The molecule has 0 saturated heterocycles. The Balaban J connectivity index is 1.37. The predicted octanol–water partition coefficient (Wildman–Crippen LogP) is 4.35. The molecule has 4 fully saturated rings. The second-order valence-corrected chi connectivity index (χ2v) is 11.5. The number of ether oxygens (including phenoxy) is 1. The molecule has 0 amide bonds. The van der Waals surface area contributed by atoms with Crippen LogP contribution in [0.2, 0.25) is 0 Å². The van der Waals surface area contributed by atoms with Crippen molar-refractivity contribution in [2.45, 2.75) is 89.3 Å². The zero-order valence-corrected chi connectivity index (χ0v) is 19.2. The Hall–Kier alpha value is -1.66. The smallest absolute Gasteiger partial charge is 0.335 e. The molecule has 1 aromatic heterocycles. The van der Waals surface area contributed by atoms with Gasteiger partial charge in [-0.25, -0.2) is 9.59 Å². The lowest BCUT2D eigenvalue weighted by Crippen LogP contribution is -2.62. The van der Waals surface area contributed by atoms with Gasteiger partial charge < -0.3 is 19.4 Å². The number of rotatable bonds is 4. The summed E-state index contributed by atoms with van der Waals surface area (Å²) in [5, 5.41) is 21.2. The molecule has 6 nitrogen and oxygen atoms in total. The van der Waals surface area contributed by atoms with E-state index in [2.05, 4.69) is 13.8 Å². The van der Waals surface area contributed by atoms with E-state index in [9.17, 15) is 14.7 Å². The van der Waals surface area contributed by atoms with Crippen molar-refractivity contribution in [3.63, 3.8) is 0 Å². The van der Waals surface area contributed by atoms with Crippen molar-refractivity contribution >= 4 is 5.97 Å². The largest absolute Gasteiger partial charge is 0.480 e. The lowest BCUT2D eigenvalue weighted by atomic mass is 9.43. The molecule has 1 heterocycles. The average Bonchev–Trinajstić information content (AvgIpc) is 3.04. The number of fused-ring (bicyclic) bond motifs is 5. The lowest BCUT2D eigenvalue weighted by Gasteiger charge is -2.63. The van der Waals surface area contributed by atoms with Crippen LogP contribution in [0.15, 0.2) is 27.6 Å². The minimum absolute atomic E-state index is 0.0428. The van der Waals surface area contributed by atoms with E-state index in [1.54, 1.807) is 6.26 Å². The minimum Gasteiger partial charge on any atom is -0.480 e. The maximum Gasteiger partial charge on any atom is 0.335 e. The molecule has 0 unspecified atom stereocenters. The predicted molar refractivity (Wildman–Crippen MR) is 118 cm³/mol. The van der Waals surface area contributed by atoms with E-state index in [0.717, 1.165) is 63.4 Å². The van der Waals surface area contributed by atoms with E-state index < -0.39 is 11.6 Å². The average molecular weight is 445 g/mol. The summed E-state index contributed by atoms with van der Waals surface area (Å²) in [6.07, 6.45) is 10.5. The molecule has 0 radical (unpaired) electrons. The Labute approximate surface area is 189 Å². The monoisotopic (exact) mass is 444 g/mol. The van der Waals surface area contributed by atoms with Gasteiger partial charge in [0.2, 0.25) is 0 Å². The summed E-state index contributed by atoms with van der Waals surface area (Å²) in [5.41, 5.74) is -0.0104. The molecular formula is C26H36O6. The van der Waals surface area contributed by atoms with E-state index in [0.29, 0.717) is 17.8 Å². The molecule has 4 aliphatic rings. The van der Waals surface area contributed by atoms with Crippen molar-refractivity contribution < 1.29 is 24.2 Å². The molecule has 5 rings (SSSR count). The van der Waals surface area contributed by atoms with Gasteiger partial charge in [0.05, 0.1) is 18.0 Å². The number of hydrogen-bond donors (Lipinski definition) is 2. The summed E-state index contributed by atoms with van der Waals surface area (Å²) < 4.78 is 10.9. The van der Waals surface area contributed by atoms with Crippen LogP contribution in [0, 0.1) is 28.6 Å². The van der Waals surface area contributed by atoms with Crippen molar-refractivity contribution in [2.24, 2.45) is 28.6 Å². The molecule has 1 aromatic rings. The zero-order valence-electron chi connectivity index (χ0n) is 19.2. The Kier molecular flexibility index (Phi) is 5.33. The molecule has 0 spiro atoms. The van der Waals surface area contributed by atoms with Gasteiger partial charge in [0, 0.05) is 11.5 Å². The van der Waals surface area contributed by atoms with Gasteiger partial charge >= 0.3 is 11.6 Å². The first-order valence-electron chi connectivity index (χ1n) is 12.3. The number of aliphatic carboxylic acids is 1. The molecule has 6 heteroatoms. The maximum atomic E-state index is 12.3. The molecule has 176 valence electrons. The number of carboxylic acids is 1. The first kappa shape index (κ1) is 22.1. The van der Waals surface area contributed by atoms with Crippen LogP contribution < -0.4 is 5.63 Å². The molecule has 32 heavy (non-hydrogen) atoms. The van der Waals surface area contributed by atoms with Crippen molar-refractivity contribution in [3.05, 3.63) is 34.4 Å². The summed E-state index contributed by atoms with van der Waals surface area (Å²) in [5.74, 6) is 0.629. The topological polar surface area (TPSA) is 97.0 Å². The Bertz CT molecular complexity index is 920. The van der Waals surface area contributed by atoms with Crippen molar-refractivity contribution in [1.29, 1.82) is 0 Å². The number of carboxylic acid groups (broad SMARTS) is 1. The summed E-state index contributed by atoms with van der Waals surface area (Å²) in [6.45, 7) is 4.47. The fourth-order valence-electron chi connectivity index (χ4n) is 8.63. The van der Waals surface area contributed by atoms with Crippen LogP contribution in [0.4, 0.5) is 0 Å². The quantitative estimate of drug-likeness (QED) is 0.717. The number of carbonyl (C=O) groups is 1. The van der Waals surface area contributed by atoms with E-state index in [4.69, 9.17) is 14.3 Å². The van der Waals surface area contributed by atoms with Gasteiger partial charge in [-0.05, 0) is 98.5 Å². The van der Waals surface area contributed by atoms with Gasteiger partial charge in [-0.1, -0.05) is 13.8 Å². The van der Waals surface area contributed by atoms with Crippen LogP contribution in [-0.2, 0) is 9.53 Å². The first-order valence-corrected chi connectivity index (χ1v) is 12.3. The molecule has 4 saturated carbocycles.